The van der Waals surface area contributed by atoms with Crippen molar-refractivity contribution in [2.75, 3.05) is 26.2 Å². The van der Waals surface area contributed by atoms with E-state index >= 15 is 0 Å². The molecule has 0 radical (unpaired) electrons. The third kappa shape index (κ3) is 5.19. The summed E-state index contributed by atoms with van der Waals surface area (Å²) in [5.41, 5.74) is 2.87. The Morgan fingerprint density at radius 2 is 1.83 bits per heavy atom. The molecule has 0 aromatic rings. The van der Waals surface area contributed by atoms with Gasteiger partial charge >= 0.3 is 12.3 Å². The maximum Gasteiger partial charge on any atom is 0.410 e. The van der Waals surface area contributed by atoms with E-state index in [-0.39, 0.29) is 48.1 Å². The number of alkyl halides is 3. The lowest BCUT2D eigenvalue weighted by molar-refractivity contribution is -0.149. The molecule has 7 nitrogen and oxygen atoms in total. The Balaban J connectivity index is 1.73. The number of nitrogens with zero attached hydrogens (tertiary/aromatic N) is 3. The van der Waals surface area contributed by atoms with Gasteiger partial charge in [-0.25, -0.2) is 9.80 Å². The highest BCUT2D eigenvalue weighted by Crippen LogP contribution is 2.40. The fourth-order valence-corrected chi connectivity index (χ4v) is 5.42. The zero-order valence-corrected chi connectivity index (χ0v) is 18.1. The number of hydrogen-bond acceptors (Lipinski definition) is 5. The Morgan fingerprint density at radius 1 is 1.13 bits per heavy atom. The molecule has 0 aromatic heterocycles. The van der Waals surface area contributed by atoms with Crippen molar-refractivity contribution in [1.82, 2.24) is 20.2 Å². The molecule has 2 saturated heterocycles. The zero-order valence-electron chi connectivity index (χ0n) is 18.1. The van der Waals surface area contributed by atoms with Gasteiger partial charge in [-0.15, -0.1) is 0 Å². The largest absolute Gasteiger partial charge is 0.447 e. The molecule has 2 heterocycles. The lowest BCUT2D eigenvalue weighted by Gasteiger charge is -2.54. The average Bonchev–Trinajstić information content (AvgIpc) is 3.06. The van der Waals surface area contributed by atoms with Crippen LogP contribution in [0.2, 0.25) is 0 Å². The summed E-state index contributed by atoms with van der Waals surface area (Å²) in [4.78, 5) is 28.7. The summed E-state index contributed by atoms with van der Waals surface area (Å²) in [7, 11) is 0. The smallest absolute Gasteiger partial charge is 0.410 e. The Bertz CT molecular complexity index is 645. The van der Waals surface area contributed by atoms with Gasteiger partial charge < -0.3 is 14.5 Å². The van der Waals surface area contributed by atoms with E-state index in [0.717, 1.165) is 12.8 Å². The molecule has 0 bridgehead atoms. The monoisotopic (exact) mass is 434 g/mol. The molecule has 30 heavy (non-hydrogen) atoms. The molecule has 3 fully saturated rings. The number of fused-ring (bicyclic) bond motifs is 1. The van der Waals surface area contributed by atoms with Gasteiger partial charge in [0, 0.05) is 32.6 Å². The minimum atomic E-state index is -4.24. The predicted octanol–water partition coefficient (Wildman–Crippen LogP) is 2.62. The number of hydrogen-bond donors (Lipinski definition) is 1. The highest BCUT2D eigenvalue weighted by Gasteiger charge is 2.48. The summed E-state index contributed by atoms with van der Waals surface area (Å²) in [5.74, 6) is 0.265. The summed E-state index contributed by atoms with van der Waals surface area (Å²) in [5, 5.41) is 1.24. The van der Waals surface area contributed by atoms with Crippen molar-refractivity contribution in [3.63, 3.8) is 0 Å². The van der Waals surface area contributed by atoms with E-state index in [1.807, 2.05) is 11.8 Å². The molecule has 3 aliphatic rings. The van der Waals surface area contributed by atoms with Crippen molar-refractivity contribution in [3.8, 4) is 0 Å². The van der Waals surface area contributed by atoms with Gasteiger partial charge in [0.25, 0.3) is 0 Å². The van der Waals surface area contributed by atoms with Gasteiger partial charge in [-0.05, 0) is 51.9 Å². The van der Waals surface area contributed by atoms with Crippen LogP contribution in [-0.4, -0.2) is 83.4 Å². The SMILES string of the molecule is CC(=O)N1C2CCC(C3CNN(CC(F)(F)F)C3)CC2N(C(=O)OC(C)C)C[C@@H]1C. The Hall–Kier alpha value is -1.55. The van der Waals surface area contributed by atoms with Crippen LogP contribution >= 0.6 is 0 Å². The molecule has 0 spiro atoms. The van der Waals surface area contributed by atoms with Gasteiger partial charge in [-0.1, -0.05) is 0 Å². The molecular formula is C20H33F3N4O3. The first-order valence-electron chi connectivity index (χ1n) is 10.8. The van der Waals surface area contributed by atoms with Crippen LogP contribution in [0.3, 0.4) is 0 Å². The van der Waals surface area contributed by atoms with Crippen molar-refractivity contribution < 1.29 is 27.5 Å². The van der Waals surface area contributed by atoms with E-state index in [1.165, 1.54) is 5.01 Å². The van der Waals surface area contributed by atoms with Crippen molar-refractivity contribution in [2.24, 2.45) is 11.8 Å². The van der Waals surface area contributed by atoms with Crippen LogP contribution in [0.4, 0.5) is 18.0 Å². The molecule has 1 saturated carbocycles. The number of nitrogens with one attached hydrogen (secondary N) is 1. The van der Waals surface area contributed by atoms with E-state index in [1.54, 1.807) is 25.7 Å². The van der Waals surface area contributed by atoms with E-state index in [0.29, 0.717) is 26.1 Å². The first-order valence-corrected chi connectivity index (χ1v) is 10.8. The zero-order chi connectivity index (χ0) is 22.2. The fourth-order valence-electron chi connectivity index (χ4n) is 5.42. The van der Waals surface area contributed by atoms with Crippen molar-refractivity contribution in [2.45, 2.75) is 77.4 Å². The van der Waals surface area contributed by atoms with Crippen LogP contribution in [0.15, 0.2) is 0 Å². The molecular weight excluding hydrogens is 401 g/mol. The Labute approximate surface area is 175 Å². The molecule has 4 unspecified atom stereocenters. The summed E-state index contributed by atoms with van der Waals surface area (Å²) < 4.78 is 43.6. The van der Waals surface area contributed by atoms with Gasteiger partial charge in [-0.2, -0.15) is 13.2 Å². The Kier molecular flexibility index (Phi) is 6.86. The van der Waals surface area contributed by atoms with Crippen LogP contribution < -0.4 is 5.43 Å². The second-order valence-electron chi connectivity index (χ2n) is 9.19. The number of rotatable bonds is 3. The average molecular weight is 435 g/mol. The van der Waals surface area contributed by atoms with Crippen molar-refractivity contribution in [1.29, 1.82) is 0 Å². The highest BCUT2D eigenvalue weighted by molar-refractivity contribution is 5.75. The van der Waals surface area contributed by atoms with E-state index in [9.17, 15) is 22.8 Å². The normalized spacial score (nSPS) is 33.0. The van der Waals surface area contributed by atoms with Crippen molar-refractivity contribution in [3.05, 3.63) is 0 Å². The number of piperazine rings is 1. The number of carbonyl (C=O) groups excluding carboxylic acids is 2. The number of amides is 2. The number of hydrazine groups is 1. The maximum absolute atomic E-state index is 12.8. The van der Waals surface area contributed by atoms with Gasteiger partial charge in [0.15, 0.2) is 0 Å². The number of ether oxygens (including phenoxy) is 1. The van der Waals surface area contributed by atoms with Crippen LogP contribution in [0.1, 0.15) is 47.0 Å². The van der Waals surface area contributed by atoms with Crippen molar-refractivity contribution >= 4 is 12.0 Å². The summed E-state index contributed by atoms with van der Waals surface area (Å²) in [6.45, 7) is 7.37. The first kappa shape index (κ1) is 23.1. The predicted molar refractivity (Wildman–Crippen MR) is 104 cm³/mol. The summed E-state index contributed by atoms with van der Waals surface area (Å²) in [6, 6.07) is -0.356. The van der Waals surface area contributed by atoms with Crippen LogP contribution in [0.25, 0.3) is 0 Å². The second-order valence-corrected chi connectivity index (χ2v) is 9.19. The van der Waals surface area contributed by atoms with Crippen LogP contribution in [0.5, 0.6) is 0 Å². The Morgan fingerprint density at radius 3 is 2.43 bits per heavy atom. The molecule has 0 aromatic carbocycles. The lowest BCUT2D eigenvalue weighted by atomic mass is 9.73. The maximum atomic E-state index is 12.8. The summed E-state index contributed by atoms with van der Waals surface area (Å²) >= 11 is 0. The molecule has 1 N–H and O–H groups in total. The number of halogens is 3. The topological polar surface area (TPSA) is 65.1 Å². The van der Waals surface area contributed by atoms with Crippen LogP contribution in [-0.2, 0) is 9.53 Å². The molecule has 10 heteroatoms. The standard InChI is InChI=1S/C20H33F3N4O3/c1-12(2)30-19(29)26-9-13(3)27(14(4)28)17-6-5-15(7-18(17)26)16-8-24-25(10-16)11-20(21,22)23/h12-13,15-18,24H,5-11H2,1-4H3/t13-,15?,16?,17?,18?/m0/s1. The molecule has 2 amide bonds. The van der Waals surface area contributed by atoms with E-state index < -0.39 is 12.7 Å². The van der Waals surface area contributed by atoms with Crippen LogP contribution in [0, 0.1) is 11.8 Å². The highest BCUT2D eigenvalue weighted by atomic mass is 19.4. The van der Waals surface area contributed by atoms with Gasteiger partial charge in [-0.3, -0.25) is 10.2 Å². The minimum Gasteiger partial charge on any atom is -0.447 e. The fraction of sp³-hybridized carbons (Fsp3) is 0.900. The third-order valence-electron chi connectivity index (χ3n) is 6.52. The summed E-state index contributed by atoms with van der Waals surface area (Å²) in [6.07, 6.45) is -2.62. The minimum absolute atomic E-state index is 0.00767. The van der Waals surface area contributed by atoms with E-state index in [4.69, 9.17) is 4.74 Å². The quantitative estimate of drug-likeness (QED) is 0.740. The van der Waals surface area contributed by atoms with Gasteiger partial charge in [0.1, 0.15) is 6.54 Å². The molecule has 1 aliphatic carbocycles. The molecule has 2 aliphatic heterocycles. The third-order valence-corrected chi connectivity index (χ3v) is 6.52. The number of carbonyl (C=O) groups is 2. The molecule has 5 atom stereocenters. The lowest BCUT2D eigenvalue weighted by Crippen LogP contribution is -2.67. The van der Waals surface area contributed by atoms with Gasteiger partial charge in [0.2, 0.25) is 5.91 Å². The molecule has 3 rings (SSSR count). The van der Waals surface area contributed by atoms with Gasteiger partial charge in [0.05, 0.1) is 18.2 Å². The molecule has 172 valence electrons. The second kappa shape index (κ2) is 8.90. The first-order chi connectivity index (χ1) is 14.0. The van der Waals surface area contributed by atoms with E-state index in [2.05, 4.69) is 5.43 Å².